The van der Waals surface area contributed by atoms with E-state index in [1.54, 1.807) is 37.0 Å². The summed E-state index contributed by atoms with van der Waals surface area (Å²) in [7, 11) is 3.19. The van der Waals surface area contributed by atoms with Crippen LogP contribution in [0.15, 0.2) is 119 Å². The number of aldehydes is 1. The minimum Gasteiger partial charge on any atom is -0.497 e. The van der Waals surface area contributed by atoms with E-state index in [9.17, 15) is 14.4 Å². The number of hydrogen-bond donors (Lipinski definition) is 0. The third kappa shape index (κ3) is 6.72. The summed E-state index contributed by atoms with van der Waals surface area (Å²) in [6, 6.07) is 34.2. The molecule has 0 amide bonds. The molecule has 0 bridgehead atoms. The number of aromatic nitrogens is 2. The van der Waals surface area contributed by atoms with Crippen LogP contribution >= 0.6 is 0 Å². The second kappa shape index (κ2) is 14.3. The Hall–Kier alpha value is -5.51. The van der Waals surface area contributed by atoms with Gasteiger partial charge in [0.1, 0.15) is 17.8 Å². The lowest BCUT2D eigenvalue weighted by Gasteiger charge is -2.17. The number of fused-ring (bicyclic) bond motifs is 2. The number of methoxy groups -OCH3 is 2. The number of nitrogens with zero attached hydrogens (tertiary/aromatic N) is 2. The van der Waals surface area contributed by atoms with E-state index >= 15 is 0 Å². The number of pyridine rings is 2. The number of hydrogen-bond acceptors (Lipinski definition) is 7. The van der Waals surface area contributed by atoms with Crippen molar-refractivity contribution >= 4 is 28.1 Å². The van der Waals surface area contributed by atoms with Crippen molar-refractivity contribution in [2.75, 3.05) is 27.4 Å². The Morgan fingerprint density at radius 2 is 1.13 bits per heavy atom. The van der Waals surface area contributed by atoms with E-state index in [2.05, 4.69) is 0 Å². The normalized spacial score (nSPS) is 12.9. The van der Waals surface area contributed by atoms with Gasteiger partial charge in [-0.3, -0.25) is 9.59 Å². The molecular weight excluding hydrogens is 596 g/mol. The molecule has 0 N–H and O–H groups in total. The van der Waals surface area contributed by atoms with Crippen molar-refractivity contribution in [2.45, 2.75) is 19.4 Å². The van der Waals surface area contributed by atoms with E-state index in [0.29, 0.717) is 36.8 Å². The lowest BCUT2D eigenvalue weighted by Crippen LogP contribution is -2.27. The van der Waals surface area contributed by atoms with Crippen LogP contribution in [0.1, 0.15) is 0 Å². The molecule has 0 unspecified atom stereocenters. The zero-order valence-corrected chi connectivity index (χ0v) is 26.1. The fraction of sp³-hybridized carbons (Fsp3) is 0.184. The monoisotopic (exact) mass is 630 g/mol. The minimum atomic E-state index is -0.394. The first-order valence-corrected chi connectivity index (χ1v) is 15.2. The van der Waals surface area contributed by atoms with Gasteiger partial charge < -0.3 is 32.9 Å². The van der Waals surface area contributed by atoms with E-state index in [4.69, 9.17) is 18.9 Å². The van der Waals surface area contributed by atoms with Gasteiger partial charge in [0.25, 0.3) is 11.1 Å². The van der Waals surface area contributed by atoms with Crippen LogP contribution in [-0.2, 0) is 27.4 Å². The molecule has 0 radical (unpaired) electrons. The Morgan fingerprint density at radius 3 is 1.60 bits per heavy atom. The molecule has 2 aromatic heterocycles. The highest BCUT2D eigenvalue weighted by atomic mass is 16.7. The number of benzene rings is 4. The topological polar surface area (TPSA) is 98.0 Å². The highest BCUT2D eigenvalue weighted by Crippen LogP contribution is 2.31. The highest BCUT2D eigenvalue weighted by molar-refractivity contribution is 5.96. The summed E-state index contributed by atoms with van der Waals surface area (Å²) in [5.74, 6) is 1.36. The maximum Gasteiger partial charge on any atom is 0.252 e. The van der Waals surface area contributed by atoms with E-state index < -0.39 is 6.29 Å². The third-order valence-corrected chi connectivity index (χ3v) is 8.09. The van der Waals surface area contributed by atoms with Crippen LogP contribution in [0.4, 0.5) is 0 Å². The van der Waals surface area contributed by atoms with Gasteiger partial charge >= 0.3 is 0 Å². The molecule has 238 valence electrons. The Morgan fingerprint density at radius 1 is 0.660 bits per heavy atom. The Balaban J connectivity index is 0.000000166. The van der Waals surface area contributed by atoms with Crippen LogP contribution in [-0.4, -0.2) is 49.1 Å². The van der Waals surface area contributed by atoms with Crippen LogP contribution in [0.2, 0.25) is 0 Å². The molecule has 4 aromatic carbocycles. The number of rotatable bonds is 8. The molecule has 7 rings (SSSR count). The van der Waals surface area contributed by atoms with E-state index in [1.165, 1.54) is 4.57 Å². The Bertz CT molecular complexity index is 2130. The van der Waals surface area contributed by atoms with E-state index in [-0.39, 0.29) is 17.7 Å². The van der Waals surface area contributed by atoms with Gasteiger partial charge in [-0.2, -0.15) is 0 Å². The van der Waals surface area contributed by atoms with Crippen molar-refractivity contribution in [2.24, 2.45) is 0 Å². The predicted molar refractivity (Wildman–Crippen MR) is 182 cm³/mol. The maximum atomic E-state index is 12.8. The molecule has 1 aliphatic heterocycles. The minimum absolute atomic E-state index is 0.0254. The second-order valence-corrected chi connectivity index (χ2v) is 10.8. The standard InChI is InChI=1S/C20H19NO4.C18H15NO3/c1-23-15-7-8-16-17(14-5-3-2-4-6-14)12-19(22)21(18(16)11-15)13-20-24-9-10-25-20;1-22-14-7-8-15-16(13-5-3-2-4-6-13)12-18(21)19(9-10-20)17(15)11-14/h2-8,11-12,20H,9-10,13H2,1H3;2-8,10-12H,9H2,1H3. The van der Waals surface area contributed by atoms with Gasteiger partial charge in [-0.25, -0.2) is 0 Å². The fourth-order valence-electron chi connectivity index (χ4n) is 5.80. The van der Waals surface area contributed by atoms with Crippen LogP contribution in [0, 0.1) is 0 Å². The summed E-state index contributed by atoms with van der Waals surface area (Å²) in [4.78, 5) is 36.1. The molecule has 6 aromatic rings. The van der Waals surface area contributed by atoms with Gasteiger partial charge in [0.05, 0.1) is 51.6 Å². The molecule has 1 saturated heterocycles. The average Bonchev–Trinajstić information content (AvgIpc) is 3.64. The predicted octanol–water partition coefficient (Wildman–Crippen LogP) is 5.93. The molecule has 9 nitrogen and oxygen atoms in total. The zero-order chi connectivity index (χ0) is 32.8. The molecule has 0 aliphatic carbocycles. The summed E-state index contributed by atoms with van der Waals surface area (Å²) in [5.41, 5.74) is 4.95. The van der Waals surface area contributed by atoms with Crippen molar-refractivity contribution in [1.29, 1.82) is 0 Å². The highest BCUT2D eigenvalue weighted by Gasteiger charge is 2.20. The molecule has 1 fully saturated rings. The molecule has 0 spiro atoms. The van der Waals surface area contributed by atoms with Gasteiger partial charge in [0.15, 0.2) is 6.29 Å². The molecule has 9 heteroatoms. The molecular formula is C38H34N2O7. The van der Waals surface area contributed by atoms with Gasteiger partial charge in [-0.05, 0) is 46.5 Å². The number of carbonyl (C=O) groups is 1. The molecule has 0 saturated carbocycles. The second-order valence-electron chi connectivity index (χ2n) is 10.8. The SMILES string of the molecule is COc1ccc2c(-c3ccccc3)cc(=O)n(CC3OCCO3)c2c1.COc1ccc2c(-c3ccccc3)cc(=O)n(CC=O)c2c1. The van der Waals surface area contributed by atoms with Gasteiger partial charge in [0.2, 0.25) is 0 Å². The lowest BCUT2D eigenvalue weighted by atomic mass is 10.0. The van der Waals surface area contributed by atoms with Crippen molar-refractivity contribution in [1.82, 2.24) is 9.13 Å². The van der Waals surface area contributed by atoms with Crippen molar-refractivity contribution in [3.05, 3.63) is 130 Å². The van der Waals surface area contributed by atoms with Gasteiger partial charge in [-0.1, -0.05) is 60.7 Å². The molecule has 47 heavy (non-hydrogen) atoms. The van der Waals surface area contributed by atoms with Gasteiger partial charge in [-0.15, -0.1) is 0 Å². The number of carbonyl (C=O) groups excluding carboxylic acids is 1. The van der Waals surface area contributed by atoms with Crippen molar-refractivity contribution < 1.29 is 23.7 Å². The van der Waals surface area contributed by atoms with Crippen LogP contribution in [0.25, 0.3) is 44.1 Å². The van der Waals surface area contributed by atoms with Crippen molar-refractivity contribution in [3.63, 3.8) is 0 Å². The van der Waals surface area contributed by atoms with Crippen LogP contribution < -0.4 is 20.6 Å². The largest absolute Gasteiger partial charge is 0.497 e. The summed E-state index contributed by atoms with van der Waals surface area (Å²) >= 11 is 0. The summed E-state index contributed by atoms with van der Waals surface area (Å²) in [6.45, 7) is 1.50. The fourth-order valence-corrected chi connectivity index (χ4v) is 5.80. The first-order valence-electron chi connectivity index (χ1n) is 15.2. The number of ether oxygens (including phenoxy) is 4. The molecule has 1 aliphatic rings. The van der Waals surface area contributed by atoms with E-state index in [0.717, 1.165) is 44.8 Å². The van der Waals surface area contributed by atoms with Gasteiger partial charge in [0, 0.05) is 35.0 Å². The quantitative estimate of drug-likeness (QED) is 0.193. The summed E-state index contributed by atoms with van der Waals surface area (Å²) in [6.07, 6.45) is 0.331. The lowest BCUT2D eigenvalue weighted by molar-refractivity contribution is -0.108. The third-order valence-electron chi connectivity index (χ3n) is 8.09. The molecule has 0 atom stereocenters. The van der Waals surface area contributed by atoms with Crippen LogP contribution in [0.5, 0.6) is 11.5 Å². The smallest absolute Gasteiger partial charge is 0.252 e. The van der Waals surface area contributed by atoms with Crippen LogP contribution in [0.3, 0.4) is 0 Å². The molecule has 3 heterocycles. The maximum absolute atomic E-state index is 12.8. The van der Waals surface area contributed by atoms with E-state index in [1.807, 2.05) is 91.0 Å². The summed E-state index contributed by atoms with van der Waals surface area (Å²) in [5, 5.41) is 1.90. The summed E-state index contributed by atoms with van der Waals surface area (Å²) < 4.78 is 24.8. The van der Waals surface area contributed by atoms with Crippen molar-refractivity contribution in [3.8, 4) is 33.8 Å². The first-order chi connectivity index (χ1) is 23.0. The average molecular weight is 631 g/mol. The Kier molecular flexibility index (Phi) is 9.56. The Labute approximate surface area is 271 Å². The zero-order valence-electron chi connectivity index (χ0n) is 26.1. The first kappa shape index (κ1) is 31.5.